The lowest BCUT2D eigenvalue weighted by molar-refractivity contribution is 0.304. The van der Waals surface area contributed by atoms with Gasteiger partial charge in [0.1, 0.15) is 11.5 Å². The third-order valence-corrected chi connectivity index (χ3v) is 3.46. The molecule has 1 heterocycles. The van der Waals surface area contributed by atoms with Crippen LogP contribution in [0, 0.1) is 0 Å². The van der Waals surface area contributed by atoms with Crippen LogP contribution in [0.2, 0.25) is 0 Å². The van der Waals surface area contributed by atoms with Crippen molar-refractivity contribution >= 4 is 5.57 Å². The molecular formula is C16H22O2. The normalized spacial score (nSPS) is 15.4. The Balaban J connectivity index is 2.50. The summed E-state index contributed by atoms with van der Waals surface area (Å²) in [7, 11) is 1.74. The van der Waals surface area contributed by atoms with Gasteiger partial charge in [-0.1, -0.05) is 12.0 Å². The van der Waals surface area contributed by atoms with Crippen molar-refractivity contribution in [3.63, 3.8) is 0 Å². The predicted molar refractivity (Wildman–Crippen MR) is 74.1 cm³/mol. The second-order valence-electron chi connectivity index (χ2n) is 5.05. The molecule has 98 valence electrons. The van der Waals surface area contributed by atoms with Gasteiger partial charge in [-0.3, -0.25) is 0 Å². The average Bonchev–Trinajstić information content (AvgIpc) is 2.89. The van der Waals surface area contributed by atoms with Crippen molar-refractivity contribution in [2.24, 2.45) is 0 Å². The van der Waals surface area contributed by atoms with Crippen LogP contribution in [-0.4, -0.2) is 7.11 Å². The molecule has 0 saturated heterocycles. The van der Waals surface area contributed by atoms with E-state index in [4.69, 9.17) is 9.15 Å². The summed E-state index contributed by atoms with van der Waals surface area (Å²) in [5.41, 5.74) is 3.86. The van der Waals surface area contributed by atoms with Gasteiger partial charge in [-0.25, -0.2) is 0 Å². The lowest BCUT2D eigenvalue weighted by Crippen LogP contribution is -2.03. The van der Waals surface area contributed by atoms with Crippen molar-refractivity contribution in [2.45, 2.75) is 46.0 Å². The van der Waals surface area contributed by atoms with Crippen LogP contribution in [0.1, 0.15) is 51.7 Å². The van der Waals surface area contributed by atoms with Gasteiger partial charge < -0.3 is 9.15 Å². The van der Waals surface area contributed by atoms with Gasteiger partial charge in [0.15, 0.2) is 0 Å². The van der Waals surface area contributed by atoms with Gasteiger partial charge in [0.2, 0.25) is 0 Å². The number of rotatable bonds is 3. The number of hydrogen-bond donors (Lipinski definition) is 0. The molecule has 1 aliphatic rings. The molecule has 0 atom stereocenters. The summed E-state index contributed by atoms with van der Waals surface area (Å²) in [5.74, 6) is 1.91. The Morgan fingerprint density at radius 1 is 1.17 bits per heavy atom. The molecule has 0 N–H and O–H groups in total. The molecule has 0 bridgehead atoms. The zero-order chi connectivity index (χ0) is 13.0. The van der Waals surface area contributed by atoms with Crippen molar-refractivity contribution in [3.05, 3.63) is 41.1 Å². The molecule has 1 aromatic rings. The van der Waals surface area contributed by atoms with E-state index in [9.17, 15) is 0 Å². The highest BCUT2D eigenvalue weighted by Crippen LogP contribution is 2.36. The quantitative estimate of drug-likeness (QED) is 0.705. The van der Waals surface area contributed by atoms with Crippen LogP contribution in [0.3, 0.4) is 0 Å². The average molecular weight is 246 g/mol. The molecule has 1 aromatic heterocycles. The Labute approximate surface area is 109 Å². The maximum Gasteiger partial charge on any atom is 0.137 e. The molecule has 0 spiro atoms. The zero-order valence-electron chi connectivity index (χ0n) is 11.6. The minimum atomic E-state index is 0.935. The number of allylic oxidation sites excluding steroid dienone is 3. The second-order valence-corrected chi connectivity index (χ2v) is 5.05. The maximum atomic E-state index is 5.61. The molecule has 0 aromatic carbocycles. The van der Waals surface area contributed by atoms with Crippen molar-refractivity contribution in [2.75, 3.05) is 7.11 Å². The van der Waals surface area contributed by atoms with E-state index in [1.165, 1.54) is 36.0 Å². The molecule has 1 aliphatic carbocycles. The first-order valence-corrected chi connectivity index (χ1v) is 6.71. The van der Waals surface area contributed by atoms with Crippen LogP contribution in [-0.2, 0) is 4.74 Å². The maximum absolute atomic E-state index is 5.61. The summed E-state index contributed by atoms with van der Waals surface area (Å²) in [4.78, 5) is 0. The molecule has 0 aliphatic heterocycles. The Morgan fingerprint density at radius 3 is 2.39 bits per heavy atom. The Bertz CT molecular complexity index is 437. The number of hydrogen-bond acceptors (Lipinski definition) is 2. The number of methoxy groups -OCH3 is 1. The van der Waals surface area contributed by atoms with Gasteiger partial charge in [-0.05, 0) is 57.2 Å². The monoisotopic (exact) mass is 246 g/mol. The molecular weight excluding hydrogens is 224 g/mol. The largest absolute Gasteiger partial charge is 0.496 e. The third-order valence-electron chi connectivity index (χ3n) is 3.46. The highest BCUT2D eigenvalue weighted by molar-refractivity contribution is 5.77. The first-order valence-electron chi connectivity index (χ1n) is 6.71. The topological polar surface area (TPSA) is 22.4 Å². The van der Waals surface area contributed by atoms with Crippen LogP contribution in [0.4, 0.5) is 0 Å². The van der Waals surface area contributed by atoms with E-state index in [-0.39, 0.29) is 0 Å². The molecule has 0 amide bonds. The predicted octanol–water partition coefficient (Wildman–Crippen LogP) is 4.94. The van der Waals surface area contributed by atoms with E-state index in [1.54, 1.807) is 13.4 Å². The first-order chi connectivity index (χ1) is 8.74. The Morgan fingerprint density at radius 2 is 1.89 bits per heavy atom. The van der Waals surface area contributed by atoms with Gasteiger partial charge in [0, 0.05) is 0 Å². The summed E-state index contributed by atoms with van der Waals surface area (Å²) in [6.07, 6.45) is 7.95. The van der Waals surface area contributed by atoms with Gasteiger partial charge in [-0.15, -0.1) is 0 Å². The van der Waals surface area contributed by atoms with E-state index in [1.807, 2.05) is 12.1 Å². The lowest BCUT2D eigenvalue weighted by atomic mass is 9.88. The fraction of sp³-hybridized carbons (Fsp3) is 0.500. The molecule has 18 heavy (non-hydrogen) atoms. The Kier molecular flexibility index (Phi) is 4.29. The van der Waals surface area contributed by atoms with Crippen LogP contribution in [0.25, 0.3) is 5.57 Å². The highest BCUT2D eigenvalue weighted by atomic mass is 16.5. The molecule has 2 nitrogen and oxygen atoms in total. The van der Waals surface area contributed by atoms with Gasteiger partial charge >= 0.3 is 0 Å². The summed E-state index contributed by atoms with van der Waals surface area (Å²) in [5, 5.41) is 0. The lowest BCUT2D eigenvalue weighted by Gasteiger charge is -2.20. The molecule has 1 saturated carbocycles. The fourth-order valence-electron chi connectivity index (χ4n) is 2.65. The summed E-state index contributed by atoms with van der Waals surface area (Å²) in [6, 6.07) is 3.97. The fourth-order valence-corrected chi connectivity index (χ4v) is 2.65. The number of ether oxygens (including phenoxy) is 1. The SMILES string of the molecule is COC(=C(C)C)C(=C1CCCCC1)c1ccco1. The summed E-state index contributed by atoms with van der Waals surface area (Å²) >= 11 is 0. The van der Waals surface area contributed by atoms with Gasteiger partial charge in [0.25, 0.3) is 0 Å². The molecule has 2 rings (SSSR count). The minimum absolute atomic E-state index is 0.935. The van der Waals surface area contributed by atoms with Crippen molar-refractivity contribution in [3.8, 4) is 0 Å². The summed E-state index contributed by atoms with van der Waals surface area (Å²) in [6.45, 7) is 4.18. The second kappa shape index (κ2) is 5.94. The van der Waals surface area contributed by atoms with Crippen LogP contribution in [0.15, 0.2) is 39.7 Å². The minimum Gasteiger partial charge on any atom is -0.496 e. The van der Waals surface area contributed by atoms with Crippen molar-refractivity contribution < 1.29 is 9.15 Å². The van der Waals surface area contributed by atoms with E-state index >= 15 is 0 Å². The number of furan rings is 1. The summed E-state index contributed by atoms with van der Waals surface area (Å²) < 4.78 is 11.2. The van der Waals surface area contributed by atoms with Crippen molar-refractivity contribution in [1.82, 2.24) is 0 Å². The zero-order valence-corrected chi connectivity index (χ0v) is 11.6. The molecule has 1 fully saturated rings. The van der Waals surface area contributed by atoms with E-state index in [2.05, 4.69) is 13.8 Å². The Hall–Kier alpha value is -1.44. The molecule has 2 heteroatoms. The van der Waals surface area contributed by atoms with E-state index in [0.29, 0.717) is 0 Å². The standard InChI is InChI=1S/C16H22O2/c1-12(2)16(17-3)15(14-10-7-11-18-14)13-8-5-4-6-9-13/h7,10-11H,4-6,8-9H2,1-3H3. The van der Waals surface area contributed by atoms with Crippen molar-refractivity contribution in [1.29, 1.82) is 0 Å². The highest BCUT2D eigenvalue weighted by Gasteiger charge is 2.20. The van der Waals surface area contributed by atoms with E-state index in [0.717, 1.165) is 24.4 Å². The van der Waals surface area contributed by atoms with Crippen LogP contribution in [0.5, 0.6) is 0 Å². The van der Waals surface area contributed by atoms with Crippen LogP contribution >= 0.6 is 0 Å². The smallest absolute Gasteiger partial charge is 0.137 e. The van der Waals surface area contributed by atoms with Gasteiger partial charge in [-0.2, -0.15) is 0 Å². The molecule has 0 radical (unpaired) electrons. The third kappa shape index (κ3) is 2.69. The van der Waals surface area contributed by atoms with Crippen LogP contribution < -0.4 is 0 Å². The molecule has 0 unspecified atom stereocenters. The first kappa shape index (κ1) is 13.0. The van der Waals surface area contributed by atoms with Gasteiger partial charge in [0.05, 0.1) is 18.9 Å². The van der Waals surface area contributed by atoms with E-state index < -0.39 is 0 Å².